The molecule has 118 valence electrons. The average Bonchev–Trinajstić information content (AvgIpc) is 2.58. The van der Waals surface area contributed by atoms with Crippen molar-refractivity contribution in [2.45, 2.75) is 64.2 Å². The molecule has 1 heteroatoms. The summed E-state index contributed by atoms with van der Waals surface area (Å²) >= 11 is 0. The Morgan fingerprint density at radius 3 is 2.27 bits per heavy atom. The number of carbonyl (C=O) groups is 1. The van der Waals surface area contributed by atoms with Gasteiger partial charge < -0.3 is 0 Å². The van der Waals surface area contributed by atoms with Gasteiger partial charge in [-0.15, -0.1) is 0 Å². The van der Waals surface area contributed by atoms with Crippen LogP contribution in [0.15, 0.2) is 42.0 Å². The van der Waals surface area contributed by atoms with E-state index in [1.54, 1.807) is 0 Å². The van der Waals surface area contributed by atoms with Crippen molar-refractivity contribution in [1.29, 1.82) is 0 Å². The van der Waals surface area contributed by atoms with E-state index in [1.165, 1.54) is 36.8 Å². The van der Waals surface area contributed by atoms with Crippen LogP contribution in [0.3, 0.4) is 0 Å². The Labute approximate surface area is 134 Å². The smallest absolute Gasteiger partial charge is 0.158 e. The quantitative estimate of drug-likeness (QED) is 0.700. The Kier molecular flexibility index (Phi) is 5.12. The minimum atomic E-state index is 0.314. The highest BCUT2D eigenvalue weighted by molar-refractivity contribution is 5.93. The van der Waals surface area contributed by atoms with Gasteiger partial charge in [0.05, 0.1) is 0 Å². The highest BCUT2D eigenvalue weighted by Crippen LogP contribution is 2.41. The minimum absolute atomic E-state index is 0.314. The van der Waals surface area contributed by atoms with Gasteiger partial charge in [0.2, 0.25) is 0 Å². The number of hydrogen-bond acceptors (Lipinski definition) is 1. The number of carbonyl (C=O) groups excluding carboxylic acids is 1. The molecule has 1 fully saturated rings. The van der Waals surface area contributed by atoms with E-state index in [4.69, 9.17) is 0 Å². The lowest BCUT2D eigenvalue weighted by Crippen LogP contribution is -2.22. The molecule has 1 nitrogen and oxygen atoms in total. The predicted molar refractivity (Wildman–Crippen MR) is 91.9 cm³/mol. The average molecular weight is 296 g/mol. The third-order valence-corrected chi connectivity index (χ3v) is 5.67. The Morgan fingerprint density at radius 2 is 1.64 bits per heavy atom. The summed E-state index contributed by atoms with van der Waals surface area (Å²) in [5, 5.41) is 0. The summed E-state index contributed by atoms with van der Waals surface area (Å²) in [7, 11) is 0. The number of ketones is 1. The zero-order valence-corrected chi connectivity index (χ0v) is 13.8. The maximum atomic E-state index is 12.2. The topological polar surface area (TPSA) is 17.1 Å². The number of hydrogen-bond donors (Lipinski definition) is 0. The second-order valence-corrected chi connectivity index (χ2v) is 7.11. The van der Waals surface area contributed by atoms with Gasteiger partial charge in [0.1, 0.15) is 0 Å². The van der Waals surface area contributed by atoms with E-state index in [9.17, 15) is 4.79 Å². The second kappa shape index (κ2) is 7.26. The number of allylic oxidation sites excluding steroid dienone is 2. The van der Waals surface area contributed by atoms with Crippen molar-refractivity contribution >= 4 is 5.78 Å². The van der Waals surface area contributed by atoms with Crippen LogP contribution in [0.5, 0.6) is 0 Å². The monoisotopic (exact) mass is 296 g/mol. The Hall–Kier alpha value is -1.37. The molecule has 2 aliphatic rings. The summed E-state index contributed by atoms with van der Waals surface area (Å²) in [6, 6.07) is 10.9. The molecular formula is C21H28O. The van der Waals surface area contributed by atoms with Gasteiger partial charge in [-0.1, -0.05) is 49.2 Å². The van der Waals surface area contributed by atoms with Gasteiger partial charge in [0.15, 0.2) is 5.78 Å². The van der Waals surface area contributed by atoms with Gasteiger partial charge in [0, 0.05) is 5.92 Å². The third kappa shape index (κ3) is 3.51. The van der Waals surface area contributed by atoms with E-state index in [1.807, 2.05) is 6.08 Å². The summed E-state index contributed by atoms with van der Waals surface area (Å²) < 4.78 is 0. The Balaban J connectivity index is 1.58. The fourth-order valence-electron chi connectivity index (χ4n) is 4.34. The van der Waals surface area contributed by atoms with Crippen molar-refractivity contribution in [2.24, 2.45) is 11.8 Å². The van der Waals surface area contributed by atoms with Crippen LogP contribution in [0.1, 0.15) is 69.8 Å². The van der Waals surface area contributed by atoms with Gasteiger partial charge in [-0.3, -0.25) is 4.79 Å². The van der Waals surface area contributed by atoms with Crippen molar-refractivity contribution in [3.8, 4) is 0 Å². The van der Waals surface area contributed by atoms with Crippen LogP contribution in [0.2, 0.25) is 0 Å². The fourth-order valence-corrected chi connectivity index (χ4v) is 4.34. The predicted octanol–water partition coefficient (Wildman–Crippen LogP) is 5.67. The van der Waals surface area contributed by atoms with E-state index >= 15 is 0 Å². The summed E-state index contributed by atoms with van der Waals surface area (Å²) in [4.78, 5) is 12.2. The lowest BCUT2D eigenvalue weighted by Gasteiger charge is -2.32. The molecule has 1 unspecified atom stereocenters. The van der Waals surface area contributed by atoms with Gasteiger partial charge in [-0.25, -0.2) is 0 Å². The maximum Gasteiger partial charge on any atom is 0.158 e. The molecule has 1 saturated carbocycles. The molecule has 0 N–H and O–H groups in total. The first-order chi connectivity index (χ1) is 10.8. The SMILES string of the molecule is CCCC1CCC(C2CCC(c3ccccc3)CC2)=CC1=O. The largest absolute Gasteiger partial charge is 0.295 e. The molecule has 3 rings (SSSR count). The van der Waals surface area contributed by atoms with Crippen LogP contribution in [-0.2, 0) is 4.79 Å². The van der Waals surface area contributed by atoms with Crippen LogP contribution in [0.25, 0.3) is 0 Å². The lowest BCUT2D eigenvalue weighted by molar-refractivity contribution is -0.119. The Morgan fingerprint density at radius 1 is 0.955 bits per heavy atom. The molecule has 2 aliphatic carbocycles. The first-order valence-corrected chi connectivity index (χ1v) is 9.07. The second-order valence-electron chi connectivity index (χ2n) is 7.11. The molecule has 1 aromatic carbocycles. The lowest BCUT2D eigenvalue weighted by atomic mass is 9.72. The molecule has 0 saturated heterocycles. The van der Waals surface area contributed by atoms with Gasteiger partial charge in [0.25, 0.3) is 0 Å². The summed E-state index contributed by atoms with van der Waals surface area (Å²) in [5.74, 6) is 2.12. The highest BCUT2D eigenvalue weighted by atomic mass is 16.1. The van der Waals surface area contributed by atoms with E-state index < -0.39 is 0 Å². The molecule has 22 heavy (non-hydrogen) atoms. The van der Waals surface area contributed by atoms with Crippen molar-refractivity contribution in [2.75, 3.05) is 0 Å². The molecule has 0 aliphatic heterocycles. The molecule has 0 radical (unpaired) electrons. The van der Waals surface area contributed by atoms with Crippen molar-refractivity contribution in [1.82, 2.24) is 0 Å². The molecule has 0 bridgehead atoms. The molecule has 0 heterocycles. The zero-order valence-electron chi connectivity index (χ0n) is 13.8. The summed E-state index contributed by atoms with van der Waals surface area (Å²) in [5.41, 5.74) is 2.96. The van der Waals surface area contributed by atoms with E-state index in [-0.39, 0.29) is 0 Å². The highest BCUT2D eigenvalue weighted by Gasteiger charge is 2.29. The number of benzene rings is 1. The van der Waals surface area contributed by atoms with Crippen LogP contribution in [-0.4, -0.2) is 5.78 Å². The standard InChI is InChI=1S/C21H28O/c1-2-6-19-13-14-20(15-21(19)22)18-11-9-17(10-12-18)16-7-4-3-5-8-16/h3-5,7-8,15,17-19H,2,6,9-14H2,1H3. The molecule has 0 spiro atoms. The van der Waals surface area contributed by atoms with Gasteiger partial charge >= 0.3 is 0 Å². The maximum absolute atomic E-state index is 12.2. The van der Waals surface area contributed by atoms with Crippen molar-refractivity contribution in [3.05, 3.63) is 47.5 Å². The first kappa shape index (κ1) is 15.5. The molecule has 0 amide bonds. The zero-order chi connectivity index (χ0) is 15.4. The van der Waals surface area contributed by atoms with Crippen molar-refractivity contribution in [3.63, 3.8) is 0 Å². The molecular weight excluding hydrogens is 268 g/mol. The van der Waals surface area contributed by atoms with Crippen LogP contribution in [0.4, 0.5) is 0 Å². The third-order valence-electron chi connectivity index (χ3n) is 5.67. The minimum Gasteiger partial charge on any atom is -0.295 e. The van der Waals surface area contributed by atoms with E-state index in [0.29, 0.717) is 17.6 Å². The van der Waals surface area contributed by atoms with E-state index in [0.717, 1.165) is 31.6 Å². The molecule has 1 aromatic rings. The van der Waals surface area contributed by atoms with Gasteiger partial charge in [-0.05, 0) is 68.4 Å². The molecule has 0 aromatic heterocycles. The number of rotatable bonds is 4. The van der Waals surface area contributed by atoms with Crippen LogP contribution >= 0.6 is 0 Å². The van der Waals surface area contributed by atoms with Gasteiger partial charge in [-0.2, -0.15) is 0 Å². The summed E-state index contributed by atoms with van der Waals surface area (Å²) in [6.07, 6.45) is 11.6. The van der Waals surface area contributed by atoms with Crippen LogP contribution < -0.4 is 0 Å². The molecule has 1 atom stereocenters. The van der Waals surface area contributed by atoms with Crippen molar-refractivity contribution < 1.29 is 4.79 Å². The Bertz CT molecular complexity index is 520. The first-order valence-electron chi connectivity index (χ1n) is 9.07. The summed E-state index contributed by atoms with van der Waals surface area (Å²) in [6.45, 7) is 2.18. The van der Waals surface area contributed by atoms with E-state index in [2.05, 4.69) is 37.3 Å². The van der Waals surface area contributed by atoms with Crippen LogP contribution in [0, 0.1) is 11.8 Å². The normalized spacial score (nSPS) is 29.2. The fraction of sp³-hybridized carbons (Fsp3) is 0.571.